The Morgan fingerprint density at radius 1 is 1.38 bits per heavy atom. The molecule has 3 heteroatoms. The number of benzene rings is 1. The summed E-state index contributed by atoms with van der Waals surface area (Å²) in [5.74, 6) is 0. The van der Waals surface area contributed by atoms with E-state index in [1.54, 1.807) is 12.1 Å². The summed E-state index contributed by atoms with van der Waals surface area (Å²) in [6.07, 6.45) is 0.566. The SMILES string of the molecule is N[C@@H]1CCc2ccc(C(O)O)cc21. The topological polar surface area (TPSA) is 66.5 Å². The van der Waals surface area contributed by atoms with Crippen molar-refractivity contribution in [1.82, 2.24) is 0 Å². The molecule has 1 aliphatic carbocycles. The summed E-state index contributed by atoms with van der Waals surface area (Å²) in [7, 11) is 0. The van der Waals surface area contributed by atoms with E-state index < -0.39 is 6.29 Å². The van der Waals surface area contributed by atoms with Crippen molar-refractivity contribution < 1.29 is 10.2 Å². The van der Waals surface area contributed by atoms with E-state index in [0.29, 0.717) is 5.56 Å². The van der Waals surface area contributed by atoms with Crippen LogP contribution < -0.4 is 5.73 Å². The molecule has 70 valence electrons. The molecule has 13 heavy (non-hydrogen) atoms. The van der Waals surface area contributed by atoms with Gasteiger partial charge in [0.25, 0.3) is 0 Å². The van der Waals surface area contributed by atoms with Crippen LogP contribution >= 0.6 is 0 Å². The van der Waals surface area contributed by atoms with Crippen molar-refractivity contribution in [2.24, 2.45) is 5.73 Å². The standard InChI is InChI=1S/C10H13NO2/c11-9-4-3-6-1-2-7(10(12)13)5-8(6)9/h1-2,5,9-10,12-13H,3-4,11H2/t9-/m1/s1. The Bertz CT molecular complexity index is 323. The zero-order valence-corrected chi connectivity index (χ0v) is 7.27. The van der Waals surface area contributed by atoms with E-state index >= 15 is 0 Å². The van der Waals surface area contributed by atoms with Crippen molar-refractivity contribution >= 4 is 0 Å². The number of aryl methyl sites for hydroxylation is 1. The lowest BCUT2D eigenvalue weighted by Gasteiger charge is -2.08. The Kier molecular flexibility index (Phi) is 2.07. The van der Waals surface area contributed by atoms with E-state index in [0.717, 1.165) is 18.4 Å². The number of hydrogen-bond acceptors (Lipinski definition) is 3. The van der Waals surface area contributed by atoms with Crippen molar-refractivity contribution in [3.63, 3.8) is 0 Å². The normalized spacial score (nSPS) is 20.8. The van der Waals surface area contributed by atoms with Crippen molar-refractivity contribution in [1.29, 1.82) is 0 Å². The average molecular weight is 179 g/mol. The highest BCUT2D eigenvalue weighted by molar-refractivity contribution is 5.38. The van der Waals surface area contributed by atoms with Crippen LogP contribution in [0.2, 0.25) is 0 Å². The first-order valence-corrected chi connectivity index (χ1v) is 4.43. The van der Waals surface area contributed by atoms with Crippen LogP contribution in [0, 0.1) is 0 Å². The summed E-state index contributed by atoms with van der Waals surface area (Å²) in [5.41, 5.74) is 8.67. The van der Waals surface area contributed by atoms with E-state index in [2.05, 4.69) is 0 Å². The number of nitrogens with two attached hydrogens (primary N) is 1. The molecule has 4 N–H and O–H groups in total. The fourth-order valence-corrected chi connectivity index (χ4v) is 1.81. The van der Waals surface area contributed by atoms with Gasteiger partial charge in [0.05, 0.1) is 0 Å². The number of hydrogen-bond donors (Lipinski definition) is 3. The molecule has 1 aromatic rings. The highest BCUT2D eigenvalue weighted by Gasteiger charge is 2.19. The third-order valence-electron chi connectivity index (χ3n) is 2.59. The predicted octanol–water partition coefficient (Wildman–Crippen LogP) is 0.616. The second-order valence-corrected chi connectivity index (χ2v) is 3.48. The molecule has 2 rings (SSSR count). The maximum Gasteiger partial charge on any atom is 0.178 e. The number of fused-ring (bicyclic) bond motifs is 1. The lowest BCUT2D eigenvalue weighted by Crippen LogP contribution is -2.06. The van der Waals surface area contributed by atoms with E-state index in [1.807, 2.05) is 6.07 Å². The summed E-state index contributed by atoms with van der Waals surface area (Å²) in [6, 6.07) is 5.52. The minimum atomic E-state index is -1.39. The zero-order valence-electron chi connectivity index (χ0n) is 7.27. The van der Waals surface area contributed by atoms with Crippen LogP contribution in [0.25, 0.3) is 0 Å². The van der Waals surface area contributed by atoms with Crippen LogP contribution in [0.3, 0.4) is 0 Å². The third-order valence-corrected chi connectivity index (χ3v) is 2.59. The Morgan fingerprint density at radius 3 is 2.85 bits per heavy atom. The van der Waals surface area contributed by atoms with E-state index in [-0.39, 0.29) is 6.04 Å². The molecule has 0 fully saturated rings. The minimum absolute atomic E-state index is 0.0636. The Labute approximate surface area is 76.8 Å². The Balaban J connectivity index is 2.42. The number of rotatable bonds is 1. The lowest BCUT2D eigenvalue weighted by atomic mass is 10.0. The second-order valence-electron chi connectivity index (χ2n) is 3.48. The minimum Gasteiger partial charge on any atom is -0.364 e. The van der Waals surface area contributed by atoms with Crippen molar-refractivity contribution in [2.45, 2.75) is 25.2 Å². The molecule has 0 amide bonds. The molecule has 0 unspecified atom stereocenters. The van der Waals surface area contributed by atoms with Gasteiger partial charge in [-0.05, 0) is 30.0 Å². The highest BCUT2D eigenvalue weighted by atomic mass is 16.5. The highest BCUT2D eigenvalue weighted by Crippen LogP contribution is 2.30. The molecule has 0 bridgehead atoms. The molecule has 0 spiro atoms. The third kappa shape index (κ3) is 1.46. The van der Waals surface area contributed by atoms with E-state index in [9.17, 15) is 0 Å². The van der Waals surface area contributed by atoms with Gasteiger partial charge in [0, 0.05) is 11.6 Å². The van der Waals surface area contributed by atoms with Gasteiger partial charge in [-0.1, -0.05) is 12.1 Å². The molecular weight excluding hydrogens is 166 g/mol. The molecular formula is C10H13NO2. The van der Waals surface area contributed by atoms with Gasteiger partial charge in [-0.25, -0.2) is 0 Å². The summed E-state index contributed by atoms with van der Waals surface area (Å²) in [6.45, 7) is 0. The molecule has 0 saturated carbocycles. The van der Waals surface area contributed by atoms with Gasteiger partial charge >= 0.3 is 0 Å². The average Bonchev–Trinajstić information content (AvgIpc) is 2.47. The van der Waals surface area contributed by atoms with Gasteiger partial charge in [-0.15, -0.1) is 0 Å². The number of aliphatic hydroxyl groups excluding tert-OH is 1. The number of aliphatic hydroxyl groups is 2. The summed E-state index contributed by atoms with van der Waals surface area (Å²) < 4.78 is 0. The first kappa shape index (κ1) is 8.69. The molecule has 0 heterocycles. The van der Waals surface area contributed by atoms with Gasteiger partial charge in [0.2, 0.25) is 0 Å². The maximum atomic E-state index is 8.96. The monoisotopic (exact) mass is 179 g/mol. The first-order chi connectivity index (χ1) is 6.18. The quantitative estimate of drug-likeness (QED) is 0.553. The molecule has 0 aliphatic heterocycles. The van der Waals surface area contributed by atoms with E-state index in [4.69, 9.17) is 15.9 Å². The van der Waals surface area contributed by atoms with Gasteiger partial charge < -0.3 is 15.9 Å². The van der Waals surface area contributed by atoms with Crippen LogP contribution in [0.15, 0.2) is 18.2 Å². The molecule has 1 aliphatic rings. The Hall–Kier alpha value is -0.900. The fraction of sp³-hybridized carbons (Fsp3) is 0.400. The second kappa shape index (κ2) is 3.10. The molecule has 0 radical (unpaired) electrons. The van der Waals surface area contributed by atoms with Crippen LogP contribution in [0.5, 0.6) is 0 Å². The van der Waals surface area contributed by atoms with Crippen molar-refractivity contribution in [3.8, 4) is 0 Å². The van der Waals surface area contributed by atoms with Gasteiger partial charge in [-0.3, -0.25) is 0 Å². The molecule has 3 nitrogen and oxygen atoms in total. The lowest BCUT2D eigenvalue weighted by molar-refractivity contribution is -0.0425. The Morgan fingerprint density at radius 2 is 2.15 bits per heavy atom. The molecule has 0 aromatic heterocycles. The van der Waals surface area contributed by atoms with Crippen LogP contribution in [-0.2, 0) is 6.42 Å². The molecule has 1 aromatic carbocycles. The maximum absolute atomic E-state index is 8.96. The largest absolute Gasteiger partial charge is 0.364 e. The predicted molar refractivity (Wildman–Crippen MR) is 48.9 cm³/mol. The van der Waals surface area contributed by atoms with Crippen LogP contribution in [-0.4, -0.2) is 10.2 Å². The van der Waals surface area contributed by atoms with Gasteiger partial charge in [0.15, 0.2) is 6.29 Å². The van der Waals surface area contributed by atoms with Gasteiger partial charge in [0.1, 0.15) is 0 Å². The van der Waals surface area contributed by atoms with E-state index in [1.165, 1.54) is 5.56 Å². The first-order valence-electron chi connectivity index (χ1n) is 4.43. The molecule has 0 saturated heterocycles. The summed E-state index contributed by atoms with van der Waals surface area (Å²) in [5, 5.41) is 17.9. The van der Waals surface area contributed by atoms with Gasteiger partial charge in [-0.2, -0.15) is 0 Å². The van der Waals surface area contributed by atoms with Crippen LogP contribution in [0.4, 0.5) is 0 Å². The molecule has 1 atom stereocenters. The van der Waals surface area contributed by atoms with Crippen molar-refractivity contribution in [3.05, 3.63) is 34.9 Å². The zero-order chi connectivity index (χ0) is 9.42. The summed E-state index contributed by atoms with van der Waals surface area (Å²) in [4.78, 5) is 0. The smallest absolute Gasteiger partial charge is 0.178 e. The fourth-order valence-electron chi connectivity index (χ4n) is 1.81. The van der Waals surface area contributed by atoms with Crippen molar-refractivity contribution in [2.75, 3.05) is 0 Å². The summed E-state index contributed by atoms with van der Waals surface area (Å²) >= 11 is 0. The van der Waals surface area contributed by atoms with Crippen LogP contribution in [0.1, 0.15) is 35.4 Å².